The molecule has 21 heavy (non-hydrogen) atoms. The van der Waals surface area contributed by atoms with Crippen LogP contribution in [-0.2, 0) is 0 Å². The minimum atomic E-state index is -0.702. The van der Waals surface area contributed by atoms with Crippen molar-refractivity contribution in [3.05, 3.63) is 60.3 Å². The fraction of sp³-hybridized carbons (Fsp3) is 0.214. The first-order valence-corrected chi connectivity index (χ1v) is 6.87. The van der Waals surface area contributed by atoms with Crippen molar-refractivity contribution in [1.29, 1.82) is 5.26 Å². The smallest absolute Gasteiger partial charge is 0.297 e. The average molecular weight is 324 g/mol. The quantitative estimate of drug-likeness (QED) is 0.863. The zero-order valence-corrected chi connectivity index (χ0v) is 12.8. The number of H-pyrrole nitrogens is 1. The number of aromatic nitrogens is 2. The van der Waals surface area contributed by atoms with Crippen molar-refractivity contribution < 1.29 is 0 Å². The van der Waals surface area contributed by atoms with Gasteiger partial charge in [-0.2, -0.15) is 5.26 Å². The number of benzene rings is 1. The summed E-state index contributed by atoms with van der Waals surface area (Å²) in [6.07, 6.45) is 0. The van der Waals surface area contributed by atoms with Crippen LogP contribution in [0.1, 0.15) is 30.9 Å². The molecule has 1 N–H and O–H groups in total. The Morgan fingerprint density at radius 2 is 1.95 bits per heavy atom. The van der Waals surface area contributed by atoms with Crippen LogP contribution in [0.25, 0.3) is 5.69 Å². The third kappa shape index (κ3) is 2.73. The van der Waals surface area contributed by atoms with Crippen LogP contribution < -0.4 is 11.2 Å². The van der Waals surface area contributed by atoms with Crippen LogP contribution in [0.4, 0.5) is 0 Å². The number of rotatable bonds is 2. The van der Waals surface area contributed by atoms with E-state index in [0.29, 0.717) is 5.56 Å². The molecule has 108 valence electrons. The summed E-state index contributed by atoms with van der Waals surface area (Å²) in [7, 11) is 0. The van der Waals surface area contributed by atoms with Crippen LogP contribution in [0.3, 0.4) is 0 Å². The maximum Gasteiger partial charge on any atom is 0.334 e. The molecular weight excluding hydrogens is 313 g/mol. The van der Waals surface area contributed by atoms with E-state index in [9.17, 15) is 9.59 Å². The largest absolute Gasteiger partial charge is 0.334 e. The molecule has 0 atom stereocenters. The summed E-state index contributed by atoms with van der Waals surface area (Å²) in [5.74, 6) is -0.175. The van der Waals surface area contributed by atoms with Crippen molar-refractivity contribution in [2.75, 3.05) is 0 Å². The number of hydrogen-bond donors (Lipinski definition) is 1. The first-order valence-electron chi connectivity index (χ1n) is 6.11. The monoisotopic (exact) mass is 323 g/mol. The number of aromatic amines is 1. The average Bonchev–Trinajstić information content (AvgIpc) is 2.39. The highest BCUT2D eigenvalue weighted by molar-refractivity contribution is 6.32. The predicted octanol–water partition coefficient (Wildman–Crippen LogP) is 2.83. The summed E-state index contributed by atoms with van der Waals surface area (Å²) in [4.78, 5) is 27.0. The first-order chi connectivity index (χ1) is 9.86. The molecule has 2 aromatic rings. The maximum absolute atomic E-state index is 12.5. The maximum atomic E-state index is 12.5. The highest BCUT2D eigenvalue weighted by Crippen LogP contribution is 2.21. The molecule has 0 aliphatic heterocycles. The normalized spacial score (nSPS) is 10.7. The highest BCUT2D eigenvalue weighted by Gasteiger charge is 2.18. The lowest BCUT2D eigenvalue weighted by Gasteiger charge is -2.12. The zero-order valence-electron chi connectivity index (χ0n) is 11.3. The van der Waals surface area contributed by atoms with Gasteiger partial charge in [0.15, 0.2) is 0 Å². The van der Waals surface area contributed by atoms with Crippen molar-refractivity contribution in [2.45, 2.75) is 19.8 Å². The van der Waals surface area contributed by atoms with E-state index in [1.54, 1.807) is 13.8 Å². The molecule has 0 aliphatic carbocycles. The van der Waals surface area contributed by atoms with Crippen molar-refractivity contribution in [3.8, 4) is 11.8 Å². The Balaban J connectivity index is 2.89. The van der Waals surface area contributed by atoms with E-state index in [1.807, 2.05) is 6.07 Å². The number of halogens is 2. The molecule has 5 nitrogen and oxygen atoms in total. The van der Waals surface area contributed by atoms with Crippen LogP contribution in [-0.4, -0.2) is 9.55 Å². The van der Waals surface area contributed by atoms with Gasteiger partial charge in [-0.05, 0) is 24.1 Å². The highest BCUT2D eigenvalue weighted by atomic mass is 35.5. The fourth-order valence-electron chi connectivity index (χ4n) is 2.00. The van der Waals surface area contributed by atoms with Gasteiger partial charge in [0.25, 0.3) is 5.56 Å². The second-order valence-corrected chi connectivity index (χ2v) is 5.52. The van der Waals surface area contributed by atoms with Gasteiger partial charge in [0.05, 0.1) is 27.9 Å². The van der Waals surface area contributed by atoms with Crippen LogP contribution in [0.5, 0.6) is 0 Å². The molecule has 2 rings (SSSR count). The molecule has 0 fully saturated rings. The Bertz CT molecular complexity index is 860. The lowest BCUT2D eigenvalue weighted by molar-refractivity contribution is 0.777. The van der Waals surface area contributed by atoms with Crippen LogP contribution >= 0.6 is 23.2 Å². The van der Waals surface area contributed by atoms with E-state index in [4.69, 9.17) is 28.5 Å². The van der Waals surface area contributed by atoms with E-state index in [1.165, 1.54) is 18.2 Å². The summed E-state index contributed by atoms with van der Waals surface area (Å²) in [6, 6.07) is 6.29. The topological polar surface area (TPSA) is 78.7 Å². The van der Waals surface area contributed by atoms with Crippen molar-refractivity contribution in [1.82, 2.24) is 9.55 Å². The zero-order chi connectivity index (χ0) is 15.7. The Labute approximate surface area is 130 Å². The van der Waals surface area contributed by atoms with Gasteiger partial charge in [-0.15, -0.1) is 0 Å². The molecule has 0 saturated heterocycles. The van der Waals surface area contributed by atoms with Crippen molar-refractivity contribution >= 4 is 23.2 Å². The second-order valence-electron chi connectivity index (χ2n) is 4.73. The number of nitriles is 1. The Morgan fingerprint density at radius 3 is 2.52 bits per heavy atom. The molecule has 0 bridgehead atoms. The minimum Gasteiger partial charge on any atom is -0.297 e. The van der Waals surface area contributed by atoms with E-state index in [2.05, 4.69) is 4.98 Å². The second kappa shape index (κ2) is 5.76. The molecule has 7 heteroatoms. The number of nitrogens with zero attached hydrogens (tertiary/aromatic N) is 2. The van der Waals surface area contributed by atoms with Crippen LogP contribution in [0.2, 0.25) is 10.2 Å². The predicted molar refractivity (Wildman–Crippen MR) is 81.5 cm³/mol. The summed E-state index contributed by atoms with van der Waals surface area (Å²) in [5, 5.41) is 9.15. The number of hydrogen-bond acceptors (Lipinski definition) is 3. The fourth-order valence-corrected chi connectivity index (χ4v) is 2.58. The lowest BCUT2D eigenvalue weighted by Crippen LogP contribution is -2.36. The molecule has 1 heterocycles. The molecule has 0 unspecified atom stereocenters. The van der Waals surface area contributed by atoms with Gasteiger partial charge in [-0.3, -0.25) is 9.78 Å². The van der Waals surface area contributed by atoms with Gasteiger partial charge in [0.1, 0.15) is 5.15 Å². The number of nitrogens with one attached hydrogen (secondary N) is 1. The molecule has 0 amide bonds. The van der Waals surface area contributed by atoms with Gasteiger partial charge in [0.2, 0.25) is 0 Å². The van der Waals surface area contributed by atoms with Crippen molar-refractivity contribution in [2.24, 2.45) is 0 Å². The van der Waals surface area contributed by atoms with Gasteiger partial charge >= 0.3 is 5.69 Å². The molecular formula is C14H11Cl2N3O2. The summed E-state index contributed by atoms with van der Waals surface area (Å²) in [6.45, 7) is 3.58. The molecule has 0 radical (unpaired) electrons. The van der Waals surface area contributed by atoms with E-state index in [-0.39, 0.29) is 27.3 Å². The van der Waals surface area contributed by atoms with E-state index < -0.39 is 11.2 Å². The van der Waals surface area contributed by atoms with E-state index >= 15 is 0 Å². The van der Waals surface area contributed by atoms with Gasteiger partial charge in [-0.1, -0.05) is 37.0 Å². The summed E-state index contributed by atoms with van der Waals surface area (Å²) in [5.41, 5.74) is -0.515. The van der Waals surface area contributed by atoms with Crippen LogP contribution in [0.15, 0.2) is 27.8 Å². The third-order valence-electron chi connectivity index (χ3n) is 2.98. The molecule has 0 saturated carbocycles. The Morgan fingerprint density at radius 1 is 1.29 bits per heavy atom. The molecule has 0 aliphatic rings. The van der Waals surface area contributed by atoms with Gasteiger partial charge in [0, 0.05) is 0 Å². The Kier molecular flexibility index (Phi) is 4.21. The van der Waals surface area contributed by atoms with Gasteiger partial charge in [-0.25, -0.2) is 9.36 Å². The summed E-state index contributed by atoms with van der Waals surface area (Å²) < 4.78 is 0.893. The van der Waals surface area contributed by atoms with Crippen LogP contribution in [0, 0.1) is 11.3 Å². The molecule has 1 aromatic heterocycles. The molecule has 1 aromatic carbocycles. The first kappa shape index (κ1) is 15.4. The summed E-state index contributed by atoms with van der Waals surface area (Å²) >= 11 is 12.0. The van der Waals surface area contributed by atoms with Crippen molar-refractivity contribution in [3.63, 3.8) is 0 Å². The Hall–Kier alpha value is -2.03. The standard InChI is InChI=1S/C14H11Cl2N3O2/c1-7(2)11-12(16)18-14(21)19(13(11)20)10-5-8(6-17)3-4-9(10)15/h3-5,7H,1-2H3,(H,18,21). The minimum absolute atomic E-state index is 0.0174. The SMILES string of the molecule is CC(C)c1c(Cl)[nH]c(=O)n(-c2cc(C#N)ccc2Cl)c1=O. The third-order valence-corrected chi connectivity index (χ3v) is 3.60. The lowest BCUT2D eigenvalue weighted by atomic mass is 10.1. The van der Waals surface area contributed by atoms with E-state index in [0.717, 1.165) is 4.57 Å². The molecule has 0 spiro atoms. The van der Waals surface area contributed by atoms with Gasteiger partial charge < -0.3 is 0 Å².